The fraction of sp³-hybridized carbons (Fsp3) is 0.214. The number of carbonyl (C=O) groups excluding carboxylic acids is 1. The van der Waals surface area contributed by atoms with Crippen molar-refractivity contribution in [1.82, 2.24) is 5.16 Å². The van der Waals surface area contributed by atoms with Gasteiger partial charge in [0.05, 0.1) is 11.3 Å². The monoisotopic (exact) mass is 352 g/mol. The Morgan fingerprint density at radius 3 is 2.76 bits per heavy atom. The quantitative estimate of drug-likeness (QED) is 0.880. The Bertz CT molecular complexity index is 709. The zero-order chi connectivity index (χ0) is 15.6. The third-order valence-electron chi connectivity index (χ3n) is 2.95. The van der Waals surface area contributed by atoms with E-state index in [0.717, 1.165) is 0 Å². The molecule has 0 aliphatic heterocycles. The first kappa shape index (κ1) is 15.2. The number of hydrogen-bond acceptors (Lipinski definition) is 4. The van der Waals surface area contributed by atoms with Gasteiger partial charge in [0.1, 0.15) is 11.3 Å². The first-order valence-corrected chi connectivity index (χ1v) is 7.02. The average molecular weight is 353 g/mol. The lowest BCUT2D eigenvalue weighted by atomic mass is 10.1. The molecule has 1 heterocycles. The molecule has 1 aromatic heterocycles. The first-order chi connectivity index (χ1) is 9.93. The van der Waals surface area contributed by atoms with Crippen LogP contribution in [-0.2, 0) is 6.42 Å². The summed E-state index contributed by atoms with van der Waals surface area (Å²) in [5, 5.41) is 15.5. The molecule has 0 aliphatic carbocycles. The van der Waals surface area contributed by atoms with E-state index < -0.39 is 5.97 Å². The second-order valence-electron chi connectivity index (χ2n) is 4.37. The van der Waals surface area contributed by atoms with Crippen molar-refractivity contribution in [3.05, 3.63) is 45.3 Å². The van der Waals surface area contributed by atoms with Crippen LogP contribution in [-0.4, -0.2) is 22.1 Å². The Hall–Kier alpha value is -2.15. The van der Waals surface area contributed by atoms with Gasteiger partial charge in [0.2, 0.25) is 0 Å². The number of nitrogens with one attached hydrogen (secondary N) is 1. The van der Waals surface area contributed by atoms with Crippen molar-refractivity contribution in [3.8, 4) is 0 Å². The molecule has 7 heteroatoms. The molecule has 0 bridgehead atoms. The summed E-state index contributed by atoms with van der Waals surface area (Å²) in [7, 11) is 0. The lowest BCUT2D eigenvalue weighted by Gasteiger charge is -2.07. The maximum Gasteiger partial charge on any atom is 0.336 e. The fourth-order valence-corrected chi connectivity index (χ4v) is 2.33. The molecule has 1 aromatic carbocycles. The van der Waals surface area contributed by atoms with Gasteiger partial charge in [-0.05, 0) is 47.5 Å². The molecule has 0 fully saturated rings. The van der Waals surface area contributed by atoms with Crippen molar-refractivity contribution in [2.45, 2.75) is 20.3 Å². The third-order valence-corrected chi connectivity index (χ3v) is 3.64. The molecule has 0 radical (unpaired) electrons. The van der Waals surface area contributed by atoms with E-state index in [1.807, 2.05) is 6.92 Å². The summed E-state index contributed by atoms with van der Waals surface area (Å²) in [6.07, 6.45) is 0.570. The Morgan fingerprint density at radius 1 is 1.43 bits per heavy atom. The molecule has 2 N–H and O–H groups in total. The molecule has 21 heavy (non-hydrogen) atoms. The van der Waals surface area contributed by atoms with Crippen LogP contribution in [0.2, 0.25) is 0 Å². The number of aromatic nitrogens is 1. The summed E-state index contributed by atoms with van der Waals surface area (Å²) < 4.78 is 5.46. The van der Waals surface area contributed by atoms with Crippen molar-refractivity contribution >= 4 is 33.5 Å². The number of carbonyl (C=O) groups is 2. The summed E-state index contributed by atoms with van der Waals surface area (Å²) in [5.74, 6) is -1.02. The van der Waals surface area contributed by atoms with E-state index >= 15 is 0 Å². The summed E-state index contributed by atoms with van der Waals surface area (Å²) in [6.45, 7) is 3.53. The molecule has 0 spiro atoms. The Labute approximate surface area is 129 Å². The van der Waals surface area contributed by atoms with Gasteiger partial charge < -0.3 is 14.9 Å². The van der Waals surface area contributed by atoms with E-state index in [1.54, 1.807) is 19.1 Å². The van der Waals surface area contributed by atoms with Crippen LogP contribution >= 0.6 is 15.9 Å². The van der Waals surface area contributed by atoms with Crippen LogP contribution < -0.4 is 5.32 Å². The molecular weight excluding hydrogens is 340 g/mol. The van der Waals surface area contributed by atoms with Crippen LogP contribution in [0.15, 0.2) is 27.2 Å². The lowest BCUT2D eigenvalue weighted by molar-refractivity contribution is 0.0695. The zero-order valence-electron chi connectivity index (χ0n) is 11.4. The minimum Gasteiger partial charge on any atom is -0.478 e. The van der Waals surface area contributed by atoms with E-state index in [4.69, 9.17) is 9.63 Å². The molecule has 1 amide bonds. The van der Waals surface area contributed by atoms with Crippen molar-refractivity contribution in [2.75, 3.05) is 5.32 Å². The van der Waals surface area contributed by atoms with Gasteiger partial charge in [-0.2, -0.15) is 0 Å². The van der Waals surface area contributed by atoms with Crippen molar-refractivity contribution in [3.63, 3.8) is 0 Å². The highest BCUT2D eigenvalue weighted by molar-refractivity contribution is 9.10. The Morgan fingerprint density at radius 2 is 2.14 bits per heavy atom. The summed E-state index contributed by atoms with van der Waals surface area (Å²) in [5.41, 5.74) is 1.42. The number of nitrogens with zero attached hydrogens (tertiary/aromatic N) is 1. The van der Waals surface area contributed by atoms with Crippen LogP contribution in [0.4, 0.5) is 5.69 Å². The normalized spacial score (nSPS) is 10.4. The van der Waals surface area contributed by atoms with E-state index in [1.165, 1.54) is 6.07 Å². The standard InChI is InChI=1S/C14H13BrN2O4/c1-3-11-12(7(2)21-17-11)13(18)16-8-4-5-10(15)9(6-8)14(19)20/h4-6H,3H2,1-2H3,(H,16,18)(H,19,20). The predicted molar refractivity (Wildman–Crippen MR) is 79.7 cm³/mol. The molecule has 0 saturated carbocycles. The number of aromatic carboxylic acids is 1. The number of aryl methyl sites for hydroxylation is 2. The molecule has 2 rings (SSSR count). The smallest absolute Gasteiger partial charge is 0.336 e. The maximum atomic E-state index is 12.3. The van der Waals surface area contributed by atoms with Gasteiger partial charge in [-0.15, -0.1) is 0 Å². The summed E-state index contributed by atoms with van der Waals surface area (Å²) in [6, 6.07) is 4.57. The molecule has 2 aromatic rings. The highest BCUT2D eigenvalue weighted by atomic mass is 79.9. The lowest BCUT2D eigenvalue weighted by Crippen LogP contribution is -2.14. The summed E-state index contributed by atoms with van der Waals surface area (Å²) in [4.78, 5) is 23.3. The molecule has 0 unspecified atom stereocenters. The second kappa shape index (κ2) is 6.09. The molecule has 0 saturated heterocycles. The van der Waals surface area contributed by atoms with Gasteiger partial charge >= 0.3 is 5.97 Å². The second-order valence-corrected chi connectivity index (χ2v) is 5.22. The number of halogens is 1. The van der Waals surface area contributed by atoms with Crippen LogP contribution in [0.3, 0.4) is 0 Å². The van der Waals surface area contributed by atoms with Gasteiger partial charge in [-0.1, -0.05) is 12.1 Å². The van der Waals surface area contributed by atoms with E-state index in [2.05, 4.69) is 26.4 Å². The Kier molecular flexibility index (Phi) is 4.42. The van der Waals surface area contributed by atoms with Gasteiger partial charge in [0, 0.05) is 10.2 Å². The van der Waals surface area contributed by atoms with E-state index in [0.29, 0.717) is 33.6 Å². The van der Waals surface area contributed by atoms with Gasteiger partial charge in [0.15, 0.2) is 0 Å². The average Bonchev–Trinajstić information content (AvgIpc) is 2.81. The third kappa shape index (κ3) is 3.13. The van der Waals surface area contributed by atoms with Crippen LogP contribution in [0, 0.1) is 6.92 Å². The van der Waals surface area contributed by atoms with E-state index in [9.17, 15) is 9.59 Å². The Balaban J connectivity index is 2.30. The maximum absolute atomic E-state index is 12.3. The largest absolute Gasteiger partial charge is 0.478 e. The molecule has 0 aliphatic rings. The summed E-state index contributed by atoms with van der Waals surface area (Å²) >= 11 is 3.15. The highest BCUT2D eigenvalue weighted by Gasteiger charge is 2.19. The van der Waals surface area contributed by atoms with Crippen LogP contribution in [0.25, 0.3) is 0 Å². The number of anilines is 1. The number of hydrogen-bond donors (Lipinski definition) is 2. The minimum atomic E-state index is -1.08. The molecule has 110 valence electrons. The van der Waals surface area contributed by atoms with Crippen LogP contribution in [0.1, 0.15) is 39.1 Å². The van der Waals surface area contributed by atoms with Crippen LogP contribution in [0.5, 0.6) is 0 Å². The predicted octanol–water partition coefficient (Wildman–Crippen LogP) is 3.26. The number of carboxylic acid groups (broad SMARTS) is 1. The first-order valence-electron chi connectivity index (χ1n) is 6.23. The number of benzene rings is 1. The molecule has 6 nitrogen and oxygen atoms in total. The molecule has 0 atom stereocenters. The number of amides is 1. The highest BCUT2D eigenvalue weighted by Crippen LogP contribution is 2.22. The van der Waals surface area contributed by atoms with Crippen molar-refractivity contribution in [1.29, 1.82) is 0 Å². The minimum absolute atomic E-state index is 0.0746. The van der Waals surface area contributed by atoms with Gasteiger partial charge in [0.25, 0.3) is 5.91 Å². The topological polar surface area (TPSA) is 92.4 Å². The van der Waals surface area contributed by atoms with Crippen molar-refractivity contribution in [2.24, 2.45) is 0 Å². The van der Waals surface area contributed by atoms with Crippen molar-refractivity contribution < 1.29 is 19.2 Å². The molecular formula is C14H13BrN2O4. The number of rotatable bonds is 4. The zero-order valence-corrected chi connectivity index (χ0v) is 13.0. The van der Waals surface area contributed by atoms with Gasteiger partial charge in [-0.3, -0.25) is 4.79 Å². The van der Waals surface area contributed by atoms with E-state index in [-0.39, 0.29) is 11.5 Å². The fourth-order valence-electron chi connectivity index (χ4n) is 1.91. The SMILES string of the molecule is CCc1noc(C)c1C(=O)Nc1ccc(Br)c(C(=O)O)c1. The van der Waals surface area contributed by atoms with Gasteiger partial charge in [-0.25, -0.2) is 4.79 Å². The number of carboxylic acids is 1.